The molecule has 0 radical (unpaired) electrons. The first kappa shape index (κ1) is 24.8. The van der Waals surface area contributed by atoms with Crippen molar-refractivity contribution in [2.75, 3.05) is 63.4 Å². The normalized spacial score (nSPS) is 10.2. The number of likely N-dealkylation sites (N-methyl/N-ethyl adjacent to an activating group) is 2. The molecule has 2 aromatic carbocycles. The van der Waals surface area contributed by atoms with E-state index >= 15 is 0 Å². The molecule has 2 aromatic rings. The summed E-state index contributed by atoms with van der Waals surface area (Å²) in [7, 11) is 3.62. The van der Waals surface area contributed by atoms with Crippen LogP contribution in [-0.4, -0.2) is 65.6 Å². The van der Waals surface area contributed by atoms with Crippen LogP contribution in [0.3, 0.4) is 0 Å². The molecule has 0 amide bonds. The summed E-state index contributed by atoms with van der Waals surface area (Å²) in [6.45, 7) is 5.12. The molecule has 8 heteroatoms. The maximum Gasteiger partial charge on any atom is 0.325 e. The number of carbonyl (C=O) groups excluding carboxylic acids is 2. The molecule has 0 heterocycles. The predicted molar refractivity (Wildman–Crippen MR) is 124 cm³/mol. The Kier molecular flexibility index (Phi) is 10.2. The molecule has 8 nitrogen and oxygen atoms in total. The topological polar surface area (TPSA) is 77.5 Å². The summed E-state index contributed by atoms with van der Waals surface area (Å²) in [5.74, 6) is 0.708. The van der Waals surface area contributed by atoms with Crippen LogP contribution in [-0.2, 0) is 19.1 Å². The van der Waals surface area contributed by atoms with Gasteiger partial charge in [0, 0.05) is 14.1 Å². The molecule has 0 fully saturated rings. The lowest BCUT2D eigenvalue weighted by molar-refractivity contribution is -0.142. The van der Waals surface area contributed by atoms with E-state index in [1.165, 1.54) is 0 Å². The molecule has 2 rings (SSSR count). The molecule has 0 N–H and O–H groups in total. The number of nitrogens with zero attached hydrogens (tertiary/aromatic N) is 2. The minimum absolute atomic E-state index is 0.130. The van der Waals surface area contributed by atoms with Gasteiger partial charge in [-0.15, -0.1) is 0 Å². The maximum atomic E-state index is 11.8. The Balaban J connectivity index is 1.93. The molecule has 0 spiro atoms. The highest BCUT2D eigenvalue weighted by Gasteiger charge is 2.14. The second kappa shape index (κ2) is 13.1. The molecule has 0 aliphatic carbocycles. The Morgan fingerprint density at radius 2 is 1.06 bits per heavy atom. The van der Waals surface area contributed by atoms with Gasteiger partial charge in [0.15, 0.2) is 0 Å². The van der Waals surface area contributed by atoms with Crippen molar-refractivity contribution in [2.24, 2.45) is 0 Å². The molecular weight excluding hydrogens is 412 g/mol. The van der Waals surface area contributed by atoms with Crippen molar-refractivity contribution in [3.05, 3.63) is 48.5 Å². The largest absolute Gasteiger partial charge is 0.488 e. The number of hydrogen-bond acceptors (Lipinski definition) is 8. The SMILES string of the molecule is CCOC(=O)CN(C)c1ccccc1OCCOc1ccccc1N(C)CC(=O)OCC. The number of esters is 2. The fourth-order valence-corrected chi connectivity index (χ4v) is 3.06. The van der Waals surface area contributed by atoms with E-state index in [0.29, 0.717) is 37.9 Å². The number of hydrogen-bond donors (Lipinski definition) is 0. The van der Waals surface area contributed by atoms with Gasteiger partial charge in [-0.25, -0.2) is 0 Å². The number of ether oxygens (including phenoxy) is 4. The van der Waals surface area contributed by atoms with Gasteiger partial charge < -0.3 is 28.7 Å². The van der Waals surface area contributed by atoms with Crippen molar-refractivity contribution >= 4 is 23.3 Å². The van der Waals surface area contributed by atoms with Crippen molar-refractivity contribution < 1.29 is 28.5 Å². The molecule has 0 unspecified atom stereocenters. The second-order valence-corrected chi connectivity index (χ2v) is 6.95. The van der Waals surface area contributed by atoms with Crippen LogP contribution in [0.1, 0.15) is 13.8 Å². The third-order valence-electron chi connectivity index (χ3n) is 4.49. The van der Waals surface area contributed by atoms with Crippen molar-refractivity contribution in [1.82, 2.24) is 0 Å². The van der Waals surface area contributed by atoms with Crippen LogP contribution in [0.15, 0.2) is 48.5 Å². The maximum absolute atomic E-state index is 11.8. The van der Waals surface area contributed by atoms with E-state index < -0.39 is 0 Å². The van der Waals surface area contributed by atoms with Gasteiger partial charge in [-0.3, -0.25) is 9.59 Å². The highest BCUT2D eigenvalue weighted by molar-refractivity contribution is 5.77. The van der Waals surface area contributed by atoms with Crippen LogP contribution in [0.4, 0.5) is 11.4 Å². The lowest BCUT2D eigenvalue weighted by Gasteiger charge is -2.22. The summed E-state index contributed by atoms with van der Waals surface area (Å²) in [6, 6.07) is 15.0. The third-order valence-corrected chi connectivity index (χ3v) is 4.49. The van der Waals surface area contributed by atoms with E-state index in [9.17, 15) is 9.59 Å². The second-order valence-electron chi connectivity index (χ2n) is 6.95. The average molecular weight is 445 g/mol. The fourth-order valence-electron chi connectivity index (χ4n) is 3.06. The van der Waals surface area contributed by atoms with E-state index in [1.807, 2.05) is 62.6 Å². The fraction of sp³-hybridized carbons (Fsp3) is 0.417. The van der Waals surface area contributed by atoms with Gasteiger partial charge in [0.1, 0.15) is 37.8 Å². The minimum atomic E-state index is -0.295. The predicted octanol–water partition coefficient (Wildman–Crippen LogP) is 3.14. The monoisotopic (exact) mass is 444 g/mol. The summed E-state index contributed by atoms with van der Waals surface area (Å²) in [5.41, 5.74) is 1.57. The standard InChI is InChI=1S/C24H32N2O6/c1-5-29-23(27)17-25(3)19-11-7-9-13-21(19)31-15-16-32-22-14-10-8-12-20(22)26(4)18-24(28)30-6-2/h7-14H,5-6,15-18H2,1-4H3. The Labute approximate surface area is 189 Å². The highest BCUT2D eigenvalue weighted by Crippen LogP contribution is 2.28. The Morgan fingerprint density at radius 1 is 0.688 bits per heavy atom. The quantitative estimate of drug-likeness (QED) is 0.345. The zero-order valence-corrected chi connectivity index (χ0v) is 19.2. The first-order valence-electron chi connectivity index (χ1n) is 10.6. The minimum Gasteiger partial charge on any atom is -0.488 e. The molecule has 174 valence electrons. The van der Waals surface area contributed by atoms with Gasteiger partial charge in [0.2, 0.25) is 0 Å². The number of carbonyl (C=O) groups is 2. The summed E-state index contributed by atoms with van der Waals surface area (Å²) >= 11 is 0. The van der Waals surface area contributed by atoms with Crippen LogP contribution >= 0.6 is 0 Å². The molecular formula is C24H32N2O6. The van der Waals surface area contributed by atoms with Crippen LogP contribution in [0.5, 0.6) is 11.5 Å². The number of benzene rings is 2. The molecule has 0 bridgehead atoms. The van der Waals surface area contributed by atoms with Gasteiger partial charge in [0.25, 0.3) is 0 Å². The Morgan fingerprint density at radius 3 is 1.44 bits per heavy atom. The van der Waals surface area contributed by atoms with Crippen LogP contribution < -0.4 is 19.3 Å². The van der Waals surface area contributed by atoms with Crippen LogP contribution in [0.2, 0.25) is 0 Å². The third kappa shape index (κ3) is 7.68. The van der Waals surface area contributed by atoms with E-state index in [-0.39, 0.29) is 25.0 Å². The van der Waals surface area contributed by atoms with E-state index in [4.69, 9.17) is 18.9 Å². The molecule has 0 saturated heterocycles. The van der Waals surface area contributed by atoms with E-state index in [0.717, 1.165) is 11.4 Å². The lowest BCUT2D eigenvalue weighted by Crippen LogP contribution is -2.28. The molecule has 0 aliphatic heterocycles. The highest BCUT2D eigenvalue weighted by atomic mass is 16.5. The van der Waals surface area contributed by atoms with Gasteiger partial charge in [-0.2, -0.15) is 0 Å². The lowest BCUT2D eigenvalue weighted by atomic mass is 10.2. The van der Waals surface area contributed by atoms with Crippen molar-refractivity contribution in [3.8, 4) is 11.5 Å². The van der Waals surface area contributed by atoms with Gasteiger partial charge in [-0.1, -0.05) is 24.3 Å². The zero-order valence-electron chi connectivity index (χ0n) is 19.2. The molecule has 0 aromatic heterocycles. The summed E-state index contributed by atoms with van der Waals surface area (Å²) in [6.07, 6.45) is 0. The summed E-state index contributed by atoms with van der Waals surface area (Å²) in [4.78, 5) is 27.1. The first-order chi connectivity index (χ1) is 15.5. The van der Waals surface area contributed by atoms with Crippen molar-refractivity contribution in [3.63, 3.8) is 0 Å². The zero-order chi connectivity index (χ0) is 23.3. The van der Waals surface area contributed by atoms with Crippen molar-refractivity contribution in [1.29, 1.82) is 0 Å². The number of para-hydroxylation sites is 4. The molecule has 0 atom stereocenters. The van der Waals surface area contributed by atoms with Gasteiger partial charge in [0.05, 0.1) is 24.6 Å². The number of rotatable bonds is 13. The van der Waals surface area contributed by atoms with E-state index in [2.05, 4.69) is 0 Å². The van der Waals surface area contributed by atoms with Crippen LogP contribution in [0, 0.1) is 0 Å². The first-order valence-corrected chi connectivity index (χ1v) is 10.6. The Hall–Kier alpha value is -3.42. The smallest absolute Gasteiger partial charge is 0.325 e. The van der Waals surface area contributed by atoms with Crippen LogP contribution in [0.25, 0.3) is 0 Å². The number of anilines is 2. The van der Waals surface area contributed by atoms with Gasteiger partial charge in [-0.05, 0) is 38.1 Å². The summed E-state index contributed by atoms with van der Waals surface area (Å²) < 4.78 is 21.9. The Bertz CT molecular complexity index is 802. The molecule has 0 aliphatic rings. The van der Waals surface area contributed by atoms with Gasteiger partial charge >= 0.3 is 11.9 Å². The van der Waals surface area contributed by atoms with E-state index in [1.54, 1.807) is 23.6 Å². The average Bonchev–Trinajstić information content (AvgIpc) is 2.77. The van der Waals surface area contributed by atoms with Crippen molar-refractivity contribution in [2.45, 2.75) is 13.8 Å². The molecule has 0 saturated carbocycles. The summed E-state index contributed by atoms with van der Waals surface area (Å²) in [5, 5.41) is 0. The molecule has 32 heavy (non-hydrogen) atoms.